The fraction of sp³-hybridized carbons (Fsp3) is 0.364. The van der Waals surface area contributed by atoms with E-state index < -0.39 is 0 Å². The van der Waals surface area contributed by atoms with Crippen LogP contribution in [0.2, 0.25) is 0 Å². The number of anilines is 1. The molecule has 154 valence electrons. The van der Waals surface area contributed by atoms with E-state index in [0.29, 0.717) is 28.7 Å². The topological polar surface area (TPSA) is 88.7 Å². The Kier molecular flexibility index (Phi) is 7.08. The fourth-order valence-corrected chi connectivity index (χ4v) is 3.18. The molecule has 0 saturated carbocycles. The lowest BCUT2D eigenvalue weighted by Crippen LogP contribution is -2.50. The Bertz CT molecular complexity index is 838. The van der Waals surface area contributed by atoms with Crippen LogP contribution < -0.4 is 25.4 Å². The zero-order chi connectivity index (χ0) is 20.6. The van der Waals surface area contributed by atoms with Crippen molar-refractivity contribution in [3.8, 4) is 11.5 Å². The van der Waals surface area contributed by atoms with Gasteiger partial charge in [-0.15, -0.1) is 0 Å². The first-order chi connectivity index (χ1) is 14.0. The van der Waals surface area contributed by atoms with Crippen molar-refractivity contribution >= 4 is 17.5 Å². The highest BCUT2D eigenvalue weighted by molar-refractivity contribution is 5.94. The highest BCUT2D eigenvalue weighted by atomic mass is 16.5. The van der Waals surface area contributed by atoms with Crippen molar-refractivity contribution in [2.45, 2.75) is 19.4 Å². The third kappa shape index (κ3) is 5.96. The van der Waals surface area contributed by atoms with E-state index in [1.165, 1.54) is 0 Å². The summed E-state index contributed by atoms with van der Waals surface area (Å²) in [6.07, 6.45) is 1.05. The van der Waals surface area contributed by atoms with Gasteiger partial charge in [0.25, 0.3) is 11.8 Å². The van der Waals surface area contributed by atoms with Crippen LogP contribution in [0, 0.1) is 5.92 Å². The van der Waals surface area contributed by atoms with Crippen molar-refractivity contribution < 1.29 is 19.1 Å². The average Bonchev–Trinajstić information content (AvgIpc) is 2.74. The van der Waals surface area contributed by atoms with Crippen LogP contribution in [0.15, 0.2) is 48.5 Å². The smallest absolute Gasteiger partial charge is 0.262 e. The fourth-order valence-electron chi connectivity index (χ4n) is 3.18. The van der Waals surface area contributed by atoms with Gasteiger partial charge >= 0.3 is 0 Å². The maximum absolute atomic E-state index is 12.4. The van der Waals surface area contributed by atoms with Gasteiger partial charge in [-0.1, -0.05) is 13.0 Å². The number of hydrogen-bond acceptors (Lipinski definition) is 5. The predicted molar refractivity (Wildman–Crippen MR) is 111 cm³/mol. The van der Waals surface area contributed by atoms with Gasteiger partial charge in [0.1, 0.15) is 11.5 Å². The molecule has 0 bridgehead atoms. The molecule has 0 spiro atoms. The molecule has 2 aromatic rings. The van der Waals surface area contributed by atoms with Crippen molar-refractivity contribution in [1.29, 1.82) is 0 Å². The molecule has 1 saturated heterocycles. The number of hydrogen-bond donors (Lipinski definition) is 3. The molecule has 3 rings (SSSR count). The zero-order valence-electron chi connectivity index (χ0n) is 16.7. The lowest BCUT2D eigenvalue weighted by Gasteiger charge is -2.30. The summed E-state index contributed by atoms with van der Waals surface area (Å²) >= 11 is 0. The van der Waals surface area contributed by atoms with Crippen LogP contribution in [-0.2, 0) is 4.79 Å². The number of carbonyl (C=O) groups excluding carboxylic acids is 2. The second-order valence-electron chi connectivity index (χ2n) is 7.14. The lowest BCUT2D eigenvalue weighted by atomic mass is 9.94. The molecule has 2 amide bonds. The largest absolute Gasteiger partial charge is 0.497 e. The Balaban J connectivity index is 1.48. The SMILES string of the molecule is COc1cccc(NC(=O)COc2ccc(C(=O)NC3CNCCC3C)cc2)c1. The molecule has 0 aliphatic carbocycles. The summed E-state index contributed by atoms with van der Waals surface area (Å²) < 4.78 is 10.6. The van der Waals surface area contributed by atoms with E-state index in [-0.39, 0.29) is 24.5 Å². The van der Waals surface area contributed by atoms with Gasteiger partial charge in [0.05, 0.1) is 7.11 Å². The summed E-state index contributed by atoms with van der Waals surface area (Å²) in [4.78, 5) is 24.5. The normalized spacial score (nSPS) is 18.6. The monoisotopic (exact) mass is 397 g/mol. The van der Waals surface area contributed by atoms with Crippen LogP contribution in [-0.4, -0.2) is 44.7 Å². The average molecular weight is 397 g/mol. The van der Waals surface area contributed by atoms with E-state index >= 15 is 0 Å². The highest BCUT2D eigenvalue weighted by Crippen LogP contribution is 2.17. The van der Waals surface area contributed by atoms with Gasteiger partial charge in [-0.2, -0.15) is 0 Å². The van der Waals surface area contributed by atoms with Crippen LogP contribution in [0.25, 0.3) is 0 Å². The summed E-state index contributed by atoms with van der Waals surface area (Å²) in [5.41, 5.74) is 1.20. The Morgan fingerprint density at radius 3 is 2.66 bits per heavy atom. The van der Waals surface area contributed by atoms with Crippen LogP contribution >= 0.6 is 0 Å². The molecule has 29 heavy (non-hydrogen) atoms. The second kappa shape index (κ2) is 9.93. The van der Waals surface area contributed by atoms with Crippen molar-refractivity contribution in [3.05, 3.63) is 54.1 Å². The van der Waals surface area contributed by atoms with Crippen LogP contribution in [0.4, 0.5) is 5.69 Å². The number of amides is 2. The minimum atomic E-state index is -0.279. The van der Waals surface area contributed by atoms with Crippen molar-refractivity contribution in [3.63, 3.8) is 0 Å². The zero-order valence-corrected chi connectivity index (χ0v) is 16.7. The van der Waals surface area contributed by atoms with E-state index in [4.69, 9.17) is 9.47 Å². The molecule has 7 heteroatoms. The number of nitrogens with one attached hydrogen (secondary N) is 3. The van der Waals surface area contributed by atoms with E-state index in [9.17, 15) is 9.59 Å². The molecule has 1 fully saturated rings. The summed E-state index contributed by atoms with van der Waals surface area (Å²) in [7, 11) is 1.57. The quantitative estimate of drug-likeness (QED) is 0.668. The van der Waals surface area contributed by atoms with Crippen LogP contribution in [0.1, 0.15) is 23.7 Å². The lowest BCUT2D eigenvalue weighted by molar-refractivity contribution is -0.118. The number of carbonyl (C=O) groups is 2. The Morgan fingerprint density at radius 2 is 1.93 bits per heavy atom. The molecule has 0 radical (unpaired) electrons. The molecule has 0 aromatic heterocycles. The van der Waals surface area contributed by atoms with E-state index in [2.05, 4.69) is 22.9 Å². The standard InChI is InChI=1S/C22H27N3O4/c1-15-10-11-23-13-20(15)25-22(27)16-6-8-18(9-7-16)29-14-21(26)24-17-4-3-5-19(12-17)28-2/h3-9,12,15,20,23H,10-11,13-14H2,1-2H3,(H,24,26)(H,25,27). The first kappa shape index (κ1) is 20.7. The molecule has 7 nitrogen and oxygen atoms in total. The summed E-state index contributed by atoms with van der Waals surface area (Å²) in [6, 6.07) is 14.0. The number of rotatable bonds is 7. The molecule has 3 N–H and O–H groups in total. The second-order valence-corrected chi connectivity index (χ2v) is 7.14. The van der Waals surface area contributed by atoms with Gasteiger partial charge in [0, 0.05) is 29.9 Å². The van der Waals surface area contributed by atoms with Gasteiger partial charge in [-0.05, 0) is 55.3 Å². The van der Waals surface area contributed by atoms with Crippen LogP contribution in [0.5, 0.6) is 11.5 Å². The van der Waals surface area contributed by atoms with Crippen molar-refractivity contribution in [1.82, 2.24) is 10.6 Å². The maximum atomic E-state index is 12.4. The summed E-state index contributed by atoms with van der Waals surface area (Å²) in [6.45, 7) is 3.80. The summed E-state index contributed by atoms with van der Waals surface area (Å²) in [5, 5.41) is 9.13. The molecule has 1 heterocycles. The Labute approximate surface area is 170 Å². The number of methoxy groups -OCH3 is 1. The molecule has 2 aromatic carbocycles. The first-order valence-corrected chi connectivity index (χ1v) is 9.73. The van der Waals surface area contributed by atoms with Gasteiger partial charge in [0.15, 0.2) is 6.61 Å². The van der Waals surface area contributed by atoms with Gasteiger partial charge in [-0.3, -0.25) is 9.59 Å². The highest BCUT2D eigenvalue weighted by Gasteiger charge is 2.23. The molecular formula is C22H27N3O4. The number of ether oxygens (including phenoxy) is 2. The van der Waals surface area contributed by atoms with Gasteiger partial charge in [-0.25, -0.2) is 0 Å². The minimum absolute atomic E-state index is 0.104. The van der Waals surface area contributed by atoms with Crippen LogP contribution in [0.3, 0.4) is 0 Å². The summed E-state index contributed by atoms with van der Waals surface area (Å²) in [5.74, 6) is 1.25. The number of piperidine rings is 1. The van der Waals surface area contributed by atoms with Crippen molar-refractivity contribution in [2.75, 3.05) is 32.1 Å². The minimum Gasteiger partial charge on any atom is -0.497 e. The van der Waals surface area contributed by atoms with Gasteiger partial charge < -0.3 is 25.4 Å². The molecule has 1 aliphatic rings. The van der Waals surface area contributed by atoms with E-state index in [1.807, 2.05) is 0 Å². The number of benzene rings is 2. The van der Waals surface area contributed by atoms with Crippen molar-refractivity contribution in [2.24, 2.45) is 5.92 Å². The molecule has 1 aliphatic heterocycles. The van der Waals surface area contributed by atoms with Gasteiger partial charge in [0.2, 0.25) is 0 Å². The third-order valence-electron chi connectivity index (χ3n) is 4.98. The van der Waals surface area contributed by atoms with E-state index in [0.717, 1.165) is 19.5 Å². The molecule has 2 atom stereocenters. The molecular weight excluding hydrogens is 370 g/mol. The molecule has 2 unspecified atom stereocenters. The Morgan fingerprint density at radius 1 is 1.14 bits per heavy atom. The maximum Gasteiger partial charge on any atom is 0.262 e. The first-order valence-electron chi connectivity index (χ1n) is 9.73. The third-order valence-corrected chi connectivity index (χ3v) is 4.98. The predicted octanol–water partition coefficient (Wildman–Crippen LogP) is 2.44. The van der Waals surface area contributed by atoms with E-state index in [1.54, 1.807) is 55.6 Å². The Hall–Kier alpha value is -3.06.